The van der Waals surface area contributed by atoms with Crippen LogP contribution in [-0.2, 0) is 16.1 Å². The van der Waals surface area contributed by atoms with Gasteiger partial charge in [0.1, 0.15) is 11.5 Å². The summed E-state index contributed by atoms with van der Waals surface area (Å²) in [7, 11) is 0. The lowest BCUT2D eigenvalue weighted by molar-refractivity contribution is -0.141. The summed E-state index contributed by atoms with van der Waals surface area (Å²) >= 11 is 0. The third-order valence-corrected chi connectivity index (χ3v) is 5.95. The fraction of sp³-hybridized carbons (Fsp3) is 0.346. The van der Waals surface area contributed by atoms with E-state index in [0.29, 0.717) is 11.5 Å². The van der Waals surface area contributed by atoms with Crippen LogP contribution in [0.2, 0.25) is 0 Å². The molecular weight excluding hydrogens is 434 g/mol. The molecule has 3 amide bonds. The Labute approximate surface area is 198 Å². The van der Waals surface area contributed by atoms with Crippen molar-refractivity contribution < 1.29 is 23.2 Å². The van der Waals surface area contributed by atoms with Crippen molar-refractivity contribution in [2.45, 2.75) is 51.2 Å². The number of nitrogens with zero attached hydrogens (tertiary/aromatic N) is 1. The normalized spacial score (nSPS) is 14.5. The van der Waals surface area contributed by atoms with E-state index >= 15 is 0 Å². The molecule has 2 aromatic heterocycles. The number of hydrogen-bond acceptors (Lipinski definition) is 5. The molecule has 0 aliphatic heterocycles. The second-order valence-electron chi connectivity index (χ2n) is 8.51. The molecule has 2 heterocycles. The summed E-state index contributed by atoms with van der Waals surface area (Å²) in [5, 5.41) is 5.69. The van der Waals surface area contributed by atoms with E-state index in [1.165, 1.54) is 17.2 Å². The number of amides is 3. The minimum absolute atomic E-state index is 0.0818. The van der Waals surface area contributed by atoms with Crippen LogP contribution in [0.1, 0.15) is 59.4 Å². The van der Waals surface area contributed by atoms with Gasteiger partial charge in [-0.3, -0.25) is 14.4 Å². The lowest BCUT2D eigenvalue weighted by Gasteiger charge is -2.31. The Balaban J connectivity index is 1.60. The summed E-state index contributed by atoms with van der Waals surface area (Å²) in [4.78, 5) is 40.7. The van der Waals surface area contributed by atoms with Gasteiger partial charge in [-0.05, 0) is 49.6 Å². The molecule has 1 saturated carbocycles. The van der Waals surface area contributed by atoms with Crippen LogP contribution >= 0.6 is 0 Å². The Morgan fingerprint density at radius 3 is 2.44 bits per heavy atom. The first kappa shape index (κ1) is 23.4. The standard InChI is InChI=1S/C26H29N3O5/c1-18-13-14-21(34-18)24(26(32)28-20-10-5-6-11-20)29(17-19-8-3-2-4-9-19)23(30)16-27-25(31)22-12-7-15-33-22/h2-4,7-9,12-15,20,24H,5-6,10-11,16-17H2,1H3,(H,27,31)(H,28,32)/t24-/m0/s1. The molecule has 1 aliphatic carbocycles. The van der Waals surface area contributed by atoms with Gasteiger partial charge in [-0.2, -0.15) is 0 Å². The van der Waals surface area contributed by atoms with E-state index in [1.807, 2.05) is 30.3 Å². The predicted molar refractivity (Wildman–Crippen MR) is 125 cm³/mol. The molecule has 178 valence electrons. The average molecular weight is 464 g/mol. The first-order valence-corrected chi connectivity index (χ1v) is 11.5. The van der Waals surface area contributed by atoms with Gasteiger partial charge in [-0.25, -0.2) is 0 Å². The van der Waals surface area contributed by atoms with Gasteiger partial charge in [0, 0.05) is 12.6 Å². The molecular formula is C26H29N3O5. The summed E-state index contributed by atoms with van der Waals surface area (Å²) < 4.78 is 10.9. The van der Waals surface area contributed by atoms with Gasteiger partial charge in [-0.1, -0.05) is 43.2 Å². The van der Waals surface area contributed by atoms with Crippen molar-refractivity contribution in [3.8, 4) is 0 Å². The van der Waals surface area contributed by atoms with Crippen LogP contribution in [0, 0.1) is 6.92 Å². The van der Waals surface area contributed by atoms with Crippen molar-refractivity contribution in [3.63, 3.8) is 0 Å². The van der Waals surface area contributed by atoms with Crippen molar-refractivity contribution in [3.05, 3.63) is 83.7 Å². The highest BCUT2D eigenvalue weighted by molar-refractivity contribution is 5.95. The Morgan fingerprint density at radius 2 is 1.79 bits per heavy atom. The Morgan fingerprint density at radius 1 is 1.03 bits per heavy atom. The van der Waals surface area contributed by atoms with Crippen LogP contribution in [0.5, 0.6) is 0 Å². The van der Waals surface area contributed by atoms with Crippen molar-refractivity contribution in [1.29, 1.82) is 0 Å². The maximum absolute atomic E-state index is 13.5. The highest BCUT2D eigenvalue weighted by Crippen LogP contribution is 2.27. The van der Waals surface area contributed by atoms with Crippen LogP contribution < -0.4 is 10.6 Å². The van der Waals surface area contributed by atoms with Gasteiger partial charge >= 0.3 is 0 Å². The van der Waals surface area contributed by atoms with E-state index in [2.05, 4.69) is 10.6 Å². The lowest BCUT2D eigenvalue weighted by Crippen LogP contribution is -2.48. The number of hydrogen-bond donors (Lipinski definition) is 2. The molecule has 8 nitrogen and oxygen atoms in total. The monoisotopic (exact) mass is 463 g/mol. The van der Waals surface area contributed by atoms with Gasteiger partial charge < -0.3 is 24.4 Å². The molecule has 3 aromatic rings. The average Bonchev–Trinajstić information content (AvgIpc) is 3.61. The first-order valence-electron chi connectivity index (χ1n) is 11.5. The molecule has 1 aliphatic rings. The van der Waals surface area contributed by atoms with Crippen molar-refractivity contribution >= 4 is 17.7 Å². The molecule has 0 saturated heterocycles. The highest BCUT2D eigenvalue weighted by Gasteiger charge is 2.35. The maximum atomic E-state index is 13.5. The van der Waals surface area contributed by atoms with Gasteiger partial charge in [-0.15, -0.1) is 0 Å². The van der Waals surface area contributed by atoms with E-state index in [9.17, 15) is 14.4 Å². The van der Waals surface area contributed by atoms with Crippen molar-refractivity contribution in [2.24, 2.45) is 0 Å². The third kappa shape index (κ3) is 5.75. The summed E-state index contributed by atoms with van der Waals surface area (Å²) in [6.07, 6.45) is 5.37. The zero-order chi connectivity index (χ0) is 23.9. The summed E-state index contributed by atoms with van der Waals surface area (Å²) in [6, 6.07) is 15.1. The molecule has 1 atom stereocenters. The van der Waals surface area contributed by atoms with Crippen LogP contribution in [0.25, 0.3) is 0 Å². The molecule has 0 bridgehead atoms. The molecule has 1 fully saturated rings. The van der Waals surface area contributed by atoms with Crippen LogP contribution in [0.3, 0.4) is 0 Å². The summed E-state index contributed by atoms with van der Waals surface area (Å²) in [5.41, 5.74) is 0.857. The molecule has 34 heavy (non-hydrogen) atoms. The predicted octanol–water partition coefficient (Wildman–Crippen LogP) is 3.74. The van der Waals surface area contributed by atoms with Crippen molar-refractivity contribution in [2.75, 3.05) is 6.54 Å². The highest BCUT2D eigenvalue weighted by atomic mass is 16.3. The zero-order valence-electron chi connectivity index (χ0n) is 19.2. The Kier molecular flexibility index (Phi) is 7.47. The van der Waals surface area contributed by atoms with Crippen LogP contribution in [-0.4, -0.2) is 35.2 Å². The third-order valence-electron chi connectivity index (χ3n) is 5.95. The van der Waals surface area contributed by atoms with Gasteiger partial charge in [0.05, 0.1) is 12.8 Å². The molecule has 8 heteroatoms. The fourth-order valence-electron chi connectivity index (χ4n) is 4.23. The molecule has 2 N–H and O–H groups in total. The zero-order valence-corrected chi connectivity index (χ0v) is 19.2. The number of carbonyl (C=O) groups excluding carboxylic acids is 3. The minimum Gasteiger partial charge on any atom is -0.464 e. The Hall–Kier alpha value is -3.81. The second-order valence-corrected chi connectivity index (χ2v) is 8.51. The molecule has 1 aromatic carbocycles. The van der Waals surface area contributed by atoms with E-state index in [4.69, 9.17) is 8.83 Å². The van der Waals surface area contributed by atoms with E-state index < -0.39 is 17.9 Å². The fourth-order valence-corrected chi connectivity index (χ4v) is 4.23. The van der Waals surface area contributed by atoms with E-state index in [0.717, 1.165) is 31.2 Å². The lowest BCUT2D eigenvalue weighted by atomic mass is 10.1. The van der Waals surface area contributed by atoms with Gasteiger partial charge in [0.25, 0.3) is 11.8 Å². The number of rotatable bonds is 9. The smallest absolute Gasteiger partial charge is 0.287 e. The molecule has 0 spiro atoms. The molecule has 4 rings (SSSR count). The largest absolute Gasteiger partial charge is 0.464 e. The number of furan rings is 2. The van der Waals surface area contributed by atoms with Crippen LogP contribution in [0.4, 0.5) is 0 Å². The van der Waals surface area contributed by atoms with Crippen LogP contribution in [0.15, 0.2) is 69.7 Å². The number of aryl methyl sites for hydroxylation is 1. The molecule has 0 unspecified atom stereocenters. The topological polar surface area (TPSA) is 105 Å². The van der Waals surface area contributed by atoms with Crippen molar-refractivity contribution in [1.82, 2.24) is 15.5 Å². The SMILES string of the molecule is Cc1ccc([C@@H](C(=O)NC2CCCC2)N(Cc2ccccc2)C(=O)CNC(=O)c2ccco2)o1. The maximum Gasteiger partial charge on any atom is 0.287 e. The number of benzene rings is 1. The summed E-state index contributed by atoms with van der Waals surface area (Å²) in [6.45, 7) is 1.68. The van der Waals surface area contributed by atoms with Gasteiger partial charge in [0.2, 0.25) is 5.91 Å². The Bertz CT molecular complexity index is 1100. The first-order chi connectivity index (χ1) is 16.5. The minimum atomic E-state index is -0.970. The summed E-state index contributed by atoms with van der Waals surface area (Å²) in [5.74, 6) is -0.0628. The molecule has 0 radical (unpaired) electrons. The number of carbonyl (C=O) groups is 3. The van der Waals surface area contributed by atoms with Gasteiger partial charge in [0.15, 0.2) is 11.8 Å². The van der Waals surface area contributed by atoms with E-state index in [1.54, 1.807) is 25.1 Å². The number of nitrogens with one attached hydrogen (secondary N) is 2. The second kappa shape index (κ2) is 10.9. The quantitative estimate of drug-likeness (QED) is 0.503. The van der Waals surface area contributed by atoms with E-state index in [-0.39, 0.29) is 30.8 Å².